The number of rotatable bonds is 6. The number of esters is 1. The molecule has 0 spiro atoms. The first-order valence-electron chi connectivity index (χ1n) is 10.2. The molecule has 3 heterocycles. The minimum atomic E-state index is -0.393. The molecular formula is C22H25N3O4S. The van der Waals surface area contributed by atoms with Crippen LogP contribution in [-0.2, 0) is 16.1 Å². The van der Waals surface area contributed by atoms with Crippen molar-refractivity contribution in [2.24, 2.45) is 5.92 Å². The molecule has 0 saturated carbocycles. The van der Waals surface area contributed by atoms with Gasteiger partial charge in [0, 0.05) is 19.6 Å². The van der Waals surface area contributed by atoms with E-state index < -0.39 is 5.69 Å². The quantitative estimate of drug-likeness (QED) is 0.611. The van der Waals surface area contributed by atoms with E-state index in [2.05, 4.69) is 22.0 Å². The lowest BCUT2D eigenvalue weighted by Gasteiger charge is -2.37. The molecule has 1 aromatic carbocycles. The molecule has 8 heteroatoms. The van der Waals surface area contributed by atoms with Gasteiger partial charge in [-0.15, -0.1) is 11.3 Å². The van der Waals surface area contributed by atoms with Crippen LogP contribution in [-0.4, -0.2) is 46.7 Å². The SMILES string of the molecule is CCOC(=O)[C@H]1CN(CCn2c(=O)[nH]c3sccc3c2=O)CC[C@H]1c1ccccc1. The molecule has 0 radical (unpaired) electrons. The number of nitrogens with one attached hydrogen (secondary N) is 1. The first kappa shape index (κ1) is 20.6. The number of aromatic nitrogens is 2. The van der Waals surface area contributed by atoms with Crippen LogP contribution in [0.25, 0.3) is 10.2 Å². The van der Waals surface area contributed by atoms with E-state index in [1.165, 1.54) is 15.9 Å². The molecule has 4 rings (SSSR count). The van der Waals surface area contributed by atoms with Crippen molar-refractivity contribution in [3.05, 3.63) is 68.2 Å². The number of likely N-dealkylation sites (tertiary alicyclic amines) is 1. The molecule has 0 amide bonds. The fourth-order valence-electron chi connectivity index (χ4n) is 4.23. The van der Waals surface area contributed by atoms with Crippen LogP contribution >= 0.6 is 11.3 Å². The van der Waals surface area contributed by atoms with Crippen molar-refractivity contribution in [3.8, 4) is 0 Å². The zero-order valence-electron chi connectivity index (χ0n) is 16.9. The molecule has 158 valence electrons. The molecule has 2 atom stereocenters. The third-order valence-electron chi connectivity index (χ3n) is 5.76. The monoisotopic (exact) mass is 427 g/mol. The smallest absolute Gasteiger partial charge is 0.329 e. The molecular weight excluding hydrogens is 402 g/mol. The van der Waals surface area contributed by atoms with Crippen molar-refractivity contribution in [1.29, 1.82) is 0 Å². The van der Waals surface area contributed by atoms with E-state index in [1.54, 1.807) is 11.4 Å². The van der Waals surface area contributed by atoms with Gasteiger partial charge in [0.25, 0.3) is 5.56 Å². The zero-order valence-corrected chi connectivity index (χ0v) is 17.7. The van der Waals surface area contributed by atoms with Crippen LogP contribution in [0.3, 0.4) is 0 Å². The van der Waals surface area contributed by atoms with E-state index in [9.17, 15) is 14.4 Å². The Morgan fingerprint density at radius 3 is 2.77 bits per heavy atom. The van der Waals surface area contributed by atoms with Gasteiger partial charge in [0.15, 0.2) is 0 Å². The second-order valence-corrected chi connectivity index (χ2v) is 8.43. The summed E-state index contributed by atoms with van der Waals surface area (Å²) >= 11 is 1.35. The molecule has 0 aliphatic carbocycles. The number of nitrogens with zero attached hydrogens (tertiary/aromatic N) is 2. The number of carbonyl (C=O) groups is 1. The maximum Gasteiger partial charge on any atom is 0.329 e. The van der Waals surface area contributed by atoms with Gasteiger partial charge >= 0.3 is 11.7 Å². The standard InChI is InChI=1S/C22H25N3O4S/c1-2-29-21(27)18-14-24(10-8-16(18)15-6-4-3-5-7-15)11-12-25-20(26)17-9-13-30-19(17)23-22(25)28/h3-7,9,13,16,18H,2,8,10-12,14H2,1H3,(H,23,28)/t16-,18-/m0/s1. The Morgan fingerprint density at radius 1 is 1.20 bits per heavy atom. The van der Waals surface area contributed by atoms with Gasteiger partial charge in [-0.05, 0) is 42.8 Å². The molecule has 3 aromatic rings. The Bertz CT molecular complexity index is 1130. The van der Waals surface area contributed by atoms with Gasteiger partial charge in [-0.25, -0.2) is 4.79 Å². The molecule has 1 fully saturated rings. The summed E-state index contributed by atoms with van der Waals surface area (Å²) in [6.07, 6.45) is 0.822. The number of H-pyrrole nitrogens is 1. The molecule has 30 heavy (non-hydrogen) atoms. The lowest BCUT2D eigenvalue weighted by Crippen LogP contribution is -2.46. The zero-order chi connectivity index (χ0) is 21.1. The molecule has 1 saturated heterocycles. The van der Waals surface area contributed by atoms with Crippen LogP contribution in [0.5, 0.6) is 0 Å². The average molecular weight is 428 g/mol. The number of thiophene rings is 1. The number of piperidine rings is 1. The number of aromatic amines is 1. The lowest BCUT2D eigenvalue weighted by molar-refractivity contribution is -0.150. The fraction of sp³-hybridized carbons (Fsp3) is 0.409. The van der Waals surface area contributed by atoms with E-state index in [0.717, 1.165) is 18.5 Å². The van der Waals surface area contributed by atoms with Crippen LogP contribution < -0.4 is 11.2 Å². The van der Waals surface area contributed by atoms with Crippen molar-refractivity contribution < 1.29 is 9.53 Å². The second kappa shape index (κ2) is 8.97. The highest BCUT2D eigenvalue weighted by molar-refractivity contribution is 7.16. The molecule has 2 aromatic heterocycles. The molecule has 0 bridgehead atoms. The summed E-state index contributed by atoms with van der Waals surface area (Å²) in [6, 6.07) is 11.8. The molecule has 1 aliphatic rings. The Hall–Kier alpha value is -2.71. The summed E-state index contributed by atoms with van der Waals surface area (Å²) in [5, 5.41) is 2.33. The third kappa shape index (κ3) is 4.11. The second-order valence-electron chi connectivity index (χ2n) is 7.52. The Kier molecular flexibility index (Phi) is 6.15. The summed E-state index contributed by atoms with van der Waals surface area (Å²) in [4.78, 5) is 43.2. The number of benzene rings is 1. The van der Waals surface area contributed by atoms with E-state index >= 15 is 0 Å². The molecule has 1 aliphatic heterocycles. The summed E-state index contributed by atoms with van der Waals surface area (Å²) in [5.41, 5.74) is 0.484. The van der Waals surface area contributed by atoms with Crippen LogP contribution in [0.15, 0.2) is 51.4 Å². The molecule has 1 N–H and O–H groups in total. The summed E-state index contributed by atoms with van der Waals surface area (Å²) in [7, 11) is 0. The first-order chi connectivity index (χ1) is 14.6. The number of hydrogen-bond acceptors (Lipinski definition) is 6. The average Bonchev–Trinajstić information content (AvgIpc) is 3.23. The highest BCUT2D eigenvalue weighted by Gasteiger charge is 2.36. The fourth-order valence-corrected chi connectivity index (χ4v) is 5.00. The summed E-state index contributed by atoms with van der Waals surface area (Å²) in [6.45, 7) is 4.31. The van der Waals surface area contributed by atoms with Gasteiger partial charge in [0.1, 0.15) is 4.83 Å². The van der Waals surface area contributed by atoms with E-state index in [1.807, 2.05) is 25.1 Å². The molecule has 7 nitrogen and oxygen atoms in total. The lowest BCUT2D eigenvalue weighted by atomic mass is 9.80. The van der Waals surface area contributed by atoms with Gasteiger partial charge in [0.2, 0.25) is 0 Å². The van der Waals surface area contributed by atoms with Gasteiger partial charge < -0.3 is 9.64 Å². The minimum absolute atomic E-state index is 0.106. The van der Waals surface area contributed by atoms with Crippen LogP contribution in [0.2, 0.25) is 0 Å². The van der Waals surface area contributed by atoms with Gasteiger partial charge in [-0.1, -0.05) is 30.3 Å². The highest BCUT2D eigenvalue weighted by Crippen LogP contribution is 2.33. The number of fused-ring (bicyclic) bond motifs is 1. The maximum absolute atomic E-state index is 12.7. The molecule has 0 unspecified atom stereocenters. The predicted molar refractivity (Wildman–Crippen MR) is 117 cm³/mol. The van der Waals surface area contributed by atoms with Crippen LogP contribution in [0, 0.1) is 5.92 Å². The number of carbonyl (C=O) groups excluding carboxylic acids is 1. The Morgan fingerprint density at radius 2 is 2.00 bits per heavy atom. The number of ether oxygens (including phenoxy) is 1. The van der Waals surface area contributed by atoms with Crippen molar-refractivity contribution >= 4 is 27.5 Å². The maximum atomic E-state index is 12.7. The first-order valence-corrected chi connectivity index (χ1v) is 11.1. The third-order valence-corrected chi connectivity index (χ3v) is 6.59. The van der Waals surface area contributed by atoms with Crippen LogP contribution in [0.1, 0.15) is 24.8 Å². The Balaban J connectivity index is 1.50. The van der Waals surface area contributed by atoms with E-state index in [0.29, 0.717) is 29.9 Å². The number of hydrogen-bond donors (Lipinski definition) is 1. The van der Waals surface area contributed by atoms with E-state index in [4.69, 9.17) is 4.74 Å². The minimum Gasteiger partial charge on any atom is -0.466 e. The van der Waals surface area contributed by atoms with Gasteiger partial charge in [-0.3, -0.25) is 19.1 Å². The predicted octanol–water partition coefficient (Wildman–Crippen LogP) is 2.42. The highest BCUT2D eigenvalue weighted by atomic mass is 32.1. The Labute approximate surface area is 177 Å². The normalized spacial score (nSPS) is 19.8. The van der Waals surface area contributed by atoms with Crippen molar-refractivity contribution in [1.82, 2.24) is 14.5 Å². The van der Waals surface area contributed by atoms with Gasteiger partial charge in [-0.2, -0.15) is 0 Å². The van der Waals surface area contributed by atoms with Crippen LogP contribution in [0.4, 0.5) is 0 Å². The largest absolute Gasteiger partial charge is 0.466 e. The van der Waals surface area contributed by atoms with Gasteiger partial charge in [0.05, 0.1) is 17.9 Å². The van der Waals surface area contributed by atoms with E-state index in [-0.39, 0.29) is 29.9 Å². The van der Waals surface area contributed by atoms with Crippen molar-refractivity contribution in [2.45, 2.75) is 25.8 Å². The summed E-state index contributed by atoms with van der Waals surface area (Å²) in [5.74, 6) is -0.351. The van der Waals surface area contributed by atoms with Crippen molar-refractivity contribution in [2.75, 3.05) is 26.2 Å². The van der Waals surface area contributed by atoms with Crippen molar-refractivity contribution in [3.63, 3.8) is 0 Å². The summed E-state index contributed by atoms with van der Waals surface area (Å²) < 4.78 is 6.59. The topological polar surface area (TPSA) is 84.4 Å².